The van der Waals surface area contributed by atoms with Gasteiger partial charge in [-0.3, -0.25) is 0 Å². The molecule has 0 aliphatic carbocycles. The monoisotopic (exact) mass is 303 g/mol. The average Bonchev–Trinajstić information content (AvgIpc) is 2.47. The molecule has 0 fully saturated rings. The quantitative estimate of drug-likeness (QED) is 0.495. The minimum Gasteiger partial charge on any atom is -1.00 e. The maximum atomic E-state index is 6.55. The molecule has 0 spiro atoms. The Morgan fingerprint density at radius 2 is 1.55 bits per heavy atom. The average molecular weight is 304 g/mol. The SMILES string of the molecule is Cc1ccc(C(Cl)[n+]2ccc3ccccc3c2)cc1.[Cl-]. The van der Waals surface area contributed by atoms with Gasteiger partial charge in [-0.05, 0) is 30.0 Å². The van der Waals surface area contributed by atoms with Gasteiger partial charge in [-0.2, -0.15) is 4.57 Å². The van der Waals surface area contributed by atoms with E-state index in [4.69, 9.17) is 11.6 Å². The van der Waals surface area contributed by atoms with Gasteiger partial charge in [0.25, 0.3) is 5.50 Å². The highest BCUT2D eigenvalue weighted by atomic mass is 35.5. The number of aryl methyl sites for hydroxylation is 1. The molecule has 3 aromatic rings. The van der Waals surface area contributed by atoms with Crippen LogP contribution < -0.4 is 17.0 Å². The number of hydrogen-bond donors (Lipinski definition) is 0. The second-order valence-corrected chi connectivity index (χ2v) is 5.18. The molecule has 1 atom stereocenters. The first-order valence-corrected chi connectivity index (χ1v) is 6.78. The molecule has 102 valence electrons. The van der Waals surface area contributed by atoms with Crippen LogP contribution in [0, 0.1) is 6.92 Å². The number of pyridine rings is 1. The molecule has 20 heavy (non-hydrogen) atoms. The smallest absolute Gasteiger partial charge is 0.258 e. The molecule has 0 amide bonds. The number of hydrogen-bond acceptors (Lipinski definition) is 0. The molecular weight excluding hydrogens is 289 g/mol. The summed E-state index contributed by atoms with van der Waals surface area (Å²) in [5.74, 6) is 0. The number of benzene rings is 2. The van der Waals surface area contributed by atoms with E-state index in [0.29, 0.717) is 0 Å². The molecule has 1 heterocycles. The van der Waals surface area contributed by atoms with Crippen molar-refractivity contribution in [2.24, 2.45) is 0 Å². The standard InChI is InChI=1S/C17H15ClN.ClH/c1-13-6-8-15(9-7-13)17(18)19-11-10-14-4-2-3-5-16(14)12-19;/h2-12,17H,1H3;1H/q+1;/p-1. The van der Waals surface area contributed by atoms with E-state index in [0.717, 1.165) is 5.56 Å². The van der Waals surface area contributed by atoms with Crippen molar-refractivity contribution in [1.29, 1.82) is 0 Å². The molecular formula is C17H15Cl2N. The minimum absolute atomic E-state index is 0. The first-order valence-electron chi connectivity index (χ1n) is 6.34. The Kier molecular flexibility index (Phi) is 4.64. The zero-order valence-corrected chi connectivity index (χ0v) is 12.6. The highest BCUT2D eigenvalue weighted by molar-refractivity contribution is 6.19. The van der Waals surface area contributed by atoms with E-state index in [-0.39, 0.29) is 17.9 Å². The van der Waals surface area contributed by atoms with E-state index in [9.17, 15) is 0 Å². The maximum absolute atomic E-state index is 6.55. The summed E-state index contributed by atoms with van der Waals surface area (Å²) in [6.45, 7) is 2.08. The molecule has 0 aliphatic heterocycles. The van der Waals surface area contributed by atoms with Crippen molar-refractivity contribution in [3.8, 4) is 0 Å². The van der Waals surface area contributed by atoms with Gasteiger partial charge in [-0.15, -0.1) is 0 Å². The fourth-order valence-corrected chi connectivity index (χ4v) is 2.46. The molecule has 1 unspecified atom stereocenters. The summed E-state index contributed by atoms with van der Waals surface area (Å²) in [5.41, 5.74) is 2.17. The fraction of sp³-hybridized carbons (Fsp3) is 0.118. The van der Waals surface area contributed by atoms with Gasteiger partial charge in [0.15, 0.2) is 12.4 Å². The number of halogens is 2. The van der Waals surface area contributed by atoms with Crippen LogP contribution >= 0.6 is 11.6 Å². The summed E-state index contributed by atoms with van der Waals surface area (Å²) in [5, 5.41) is 2.43. The topological polar surface area (TPSA) is 3.88 Å². The van der Waals surface area contributed by atoms with Crippen molar-refractivity contribution < 1.29 is 17.0 Å². The fourth-order valence-electron chi connectivity index (χ4n) is 2.19. The first-order chi connectivity index (χ1) is 9.24. The van der Waals surface area contributed by atoms with E-state index in [1.54, 1.807) is 0 Å². The van der Waals surface area contributed by atoms with E-state index in [1.165, 1.54) is 16.3 Å². The van der Waals surface area contributed by atoms with E-state index < -0.39 is 0 Å². The first kappa shape index (κ1) is 14.8. The third kappa shape index (κ3) is 2.95. The molecule has 2 aromatic carbocycles. The van der Waals surface area contributed by atoms with Gasteiger partial charge in [0.1, 0.15) is 0 Å². The van der Waals surface area contributed by atoms with Crippen LogP contribution in [0.4, 0.5) is 0 Å². The summed E-state index contributed by atoms with van der Waals surface area (Å²) in [6.07, 6.45) is 4.12. The highest BCUT2D eigenvalue weighted by Crippen LogP contribution is 2.19. The van der Waals surface area contributed by atoms with Gasteiger partial charge in [-0.25, -0.2) is 0 Å². The molecule has 3 heteroatoms. The lowest BCUT2D eigenvalue weighted by Crippen LogP contribution is -3.00. The van der Waals surface area contributed by atoms with E-state index in [1.807, 2.05) is 22.9 Å². The molecule has 0 N–H and O–H groups in total. The summed E-state index contributed by atoms with van der Waals surface area (Å²) < 4.78 is 2.04. The van der Waals surface area contributed by atoms with Crippen molar-refractivity contribution in [3.63, 3.8) is 0 Å². The third-order valence-corrected chi connectivity index (χ3v) is 3.80. The molecule has 0 bridgehead atoms. The summed E-state index contributed by atoms with van der Waals surface area (Å²) in [6, 6.07) is 18.7. The third-order valence-electron chi connectivity index (χ3n) is 3.32. The lowest BCUT2D eigenvalue weighted by molar-refractivity contribution is -0.692. The lowest BCUT2D eigenvalue weighted by atomic mass is 10.1. The Hall–Kier alpha value is -1.57. The summed E-state index contributed by atoms with van der Waals surface area (Å²) >= 11 is 6.55. The van der Waals surface area contributed by atoms with Crippen molar-refractivity contribution >= 4 is 22.4 Å². The van der Waals surface area contributed by atoms with Crippen LogP contribution in [-0.4, -0.2) is 0 Å². The van der Waals surface area contributed by atoms with Crippen LogP contribution in [0.25, 0.3) is 10.8 Å². The molecule has 0 saturated heterocycles. The Bertz CT molecular complexity index is 708. The van der Waals surface area contributed by atoms with Crippen LogP contribution in [0.2, 0.25) is 0 Å². The van der Waals surface area contributed by atoms with Crippen molar-refractivity contribution in [3.05, 3.63) is 78.1 Å². The number of fused-ring (bicyclic) bond motifs is 1. The van der Waals surface area contributed by atoms with Crippen LogP contribution in [0.15, 0.2) is 67.0 Å². The largest absolute Gasteiger partial charge is 1.00 e. The molecule has 1 nitrogen and oxygen atoms in total. The molecule has 0 aliphatic rings. The Morgan fingerprint density at radius 1 is 0.900 bits per heavy atom. The number of rotatable bonds is 2. The van der Waals surface area contributed by atoms with Crippen LogP contribution in [0.3, 0.4) is 0 Å². The Morgan fingerprint density at radius 3 is 2.25 bits per heavy atom. The van der Waals surface area contributed by atoms with E-state index in [2.05, 4.69) is 55.6 Å². The van der Waals surface area contributed by atoms with Crippen LogP contribution in [0.5, 0.6) is 0 Å². The number of nitrogens with zero attached hydrogens (tertiary/aromatic N) is 1. The second kappa shape index (κ2) is 6.25. The van der Waals surface area contributed by atoms with Gasteiger partial charge < -0.3 is 12.4 Å². The van der Waals surface area contributed by atoms with Gasteiger partial charge in [0.2, 0.25) is 0 Å². The van der Waals surface area contributed by atoms with Crippen molar-refractivity contribution in [2.75, 3.05) is 0 Å². The molecule has 0 radical (unpaired) electrons. The molecule has 0 saturated carbocycles. The maximum Gasteiger partial charge on any atom is 0.258 e. The lowest BCUT2D eigenvalue weighted by Gasteiger charge is -2.06. The molecule has 3 rings (SSSR count). The predicted molar refractivity (Wildman–Crippen MR) is 79.3 cm³/mol. The summed E-state index contributed by atoms with van der Waals surface area (Å²) in [7, 11) is 0. The zero-order valence-electron chi connectivity index (χ0n) is 11.1. The number of alkyl halides is 1. The van der Waals surface area contributed by atoms with Crippen LogP contribution in [0.1, 0.15) is 16.6 Å². The van der Waals surface area contributed by atoms with Crippen molar-refractivity contribution in [2.45, 2.75) is 12.4 Å². The van der Waals surface area contributed by atoms with Gasteiger partial charge in [-0.1, -0.05) is 48.0 Å². The molecule has 1 aromatic heterocycles. The normalized spacial score (nSPS) is 11.9. The second-order valence-electron chi connectivity index (χ2n) is 4.77. The predicted octanol–water partition coefficient (Wildman–Crippen LogP) is 1.23. The minimum atomic E-state index is -0.176. The van der Waals surface area contributed by atoms with Gasteiger partial charge >= 0.3 is 0 Å². The number of aromatic nitrogens is 1. The van der Waals surface area contributed by atoms with Crippen LogP contribution in [-0.2, 0) is 0 Å². The highest BCUT2D eigenvalue weighted by Gasteiger charge is 2.17. The van der Waals surface area contributed by atoms with E-state index >= 15 is 0 Å². The van der Waals surface area contributed by atoms with Gasteiger partial charge in [0.05, 0.1) is 0 Å². The zero-order chi connectivity index (χ0) is 13.2. The van der Waals surface area contributed by atoms with Gasteiger partial charge in [0, 0.05) is 17.0 Å². The summed E-state index contributed by atoms with van der Waals surface area (Å²) in [4.78, 5) is 0. The van der Waals surface area contributed by atoms with Crippen molar-refractivity contribution in [1.82, 2.24) is 0 Å². The Balaban J connectivity index is 0.00000147. The Labute approximate surface area is 130 Å².